The van der Waals surface area contributed by atoms with Crippen molar-refractivity contribution in [1.29, 1.82) is 0 Å². The zero-order chi connectivity index (χ0) is 6.41. The number of hydrogen-bond acceptors (Lipinski definition) is 3. The number of ketones is 1. The Morgan fingerprint density at radius 3 is 2.88 bits per heavy atom. The molecule has 1 N–H and O–H groups in total. The molecule has 0 aliphatic carbocycles. The van der Waals surface area contributed by atoms with Gasteiger partial charge in [-0.3, -0.25) is 9.59 Å². The molecule has 8 heavy (non-hydrogen) atoms. The maximum absolute atomic E-state index is 10.1. The van der Waals surface area contributed by atoms with Gasteiger partial charge in [0.2, 0.25) is 6.41 Å². The third kappa shape index (κ3) is 3.42. The molecule has 0 saturated carbocycles. The largest absolute Gasteiger partial charge is 0.351 e. The van der Waals surface area contributed by atoms with Gasteiger partial charge in [-0.15, -0.1) is 0 Å². The average molecular weight is 130 g/mol. The van der Waals surface area contributed by atoms with Gasteiger partial charge in [0.15, 0.2) is 5.78 Å². The van der Waals surface area contributed by atoms with Crippen LogP contribution in [0.2, 0.25) is 0 Å². The maximum Gasteiger partial charge on any atom is 0.207 e. The Morgan fingerprint density at radius 2 is 2.50 bits per heavy atom. The van der Waals surface area contributed by atoms with Crippen molar-refractivity contribution in [2.24, 2.45) is 0 Å². The second-order valence-corrected chi connectivity index (χ2v) is 1.23. The number of Topliss-reactive ketones (excluding diaryl/α,β-unsaturated/α-hetero) is 1. The predicted octanol–water partition coefficient (Wildman–Crippen LogP) is -0.822. The number of nitrogens with one attached hydrogen (secondary N) is 1. The fourth-order valence-corrected chi connectivity index (χ4v) is 0.243. The Kier molecular flexibility index (Phi) is 3.97. The van der Waals surface area contributed by atoms with Crippen LogP contribution in [0.4, 0.5) is 0 Å². The summed E-state index contributed by atoms with van der Waals surface area (Å²) in [6.45, 7) is -0.0486. The molecule has 43 valence electrons. The standard InChI is InChI=1S/C4H4NO2S/c6-3-5-1-4(7)2-8/h3H,1H2,(H,5,6). The molecule has 0 rings (SSSR count). The van der Waals surface area contributed by atoms with E-state index >= 15 is 0 Å². The minimum absolute atomic E-state index is 0.0486. The number of carbonyl (C=O) groups is 2. The molecule has 0 aromatic rings. The van der Waals surface area contributed by atoms with Crippen molar-refractivity contribution in [1.82, 2.24) is 5.32 Å². The summed E-state index contributed by atoms with van der Waals surface area (Å²) in [4.78, 5) is 19.6. The number of amides is 1. The van der Waals surface area contributed by atoms with E-state index in [2.05, 4.69) is 17.5 Å². The Bertz CT molecular complexity index is 113. The molecule has 0 aliphatic heterocycles. The van der Waals surface area contributed by atoms with Crippen LogP contribution in [-0.2, 0) is 9.59 Å². The summed E-state index contributed by atoms with van der Waals surface area (Å²) in [6.07, 6.45) is 0.435. The molecule has 4 heteroatoms. The van der Waals surface area contributed by atoms with E-state index in [1.54, 1.807) is 0 Å². The number of hydrogen-bond donors (Lipinski definition) is 1. The summed E-state index contributed by atoms with van der Waals surface area (Å²) in [6, 6.07) is 0. The molecular weight excluding hydrogens is 126 g/mol. The molecule has 0 bridgehead atoms. The Morgan fingerprint density at radius 1 is 1.88 bits per heavy atom. The van der Waals surface area contributed by atoms with Crippen molar-refractivity contribution in [3.05, 3.63) is 0 Å². The normalized spacial score (nSPS) is 7.50. The van der Waals surface area contributed by atoms with Crippen LogP contribution in [0.25, 0.3) is 0 Å². The Hall–Kier alpha value is -0.770. The fraction of sp³-hybridized carbons (Fsp3) is 0.250. The molecule has 0 unspecified atom stereocenters. The van der Waals surface area contributed by atoms with E-state index in [1.165, 1.54) is 0 Å². The van der Waals surface area contributed by atoms with Crippen molar-refractivity contribution < 1.29 is 9.59 Å². The van der Waals surface area contributed by atoms with Crippen LogP contribution in [0.5, 0.6) is 0 Å². The van der Waals surface area contributed by atoms with E-state index in [4.69, 9.17) is 0 Å². The lowest BCUT2D eigenvalue weighted by Crippen LogP contribution is -2.21. The summed E-state index contributed by atoms with van der Waals surface area (Å²) < 4.78 is 0. The van der Waals surface area contributed by atoms with Crippen LogP contribution in [0, 0.1) is 0 Å². The first-order chi connectivity index (χ1) is 3.81. The first-order valence-corrected chi connectivity index (χ1v) is 2.30. The molecule has 0 aromatic carbocycles. The molecule has 0 heterocycles. The van der Waals surface area contributed by atoms with E-state index in [9.17, 15) is 9.59 Å². The smallest absolute Gasteiger partial charge is 0.207 e. The molecule has 0 aliphatic rings. The highest BCUT2D eigenvalue weighted by atomic mass is 32.1. The molecule has 3 nitrogen and oxygen atoms in total. The van der Waals surface area contributed by atoms with Crippen LogP contribution in [0.3, 0.4) is 0 Å². The molecular formula is C4H4NO2S. The van der Waals surface area contributed by atoms with Gasteiger partial charge < -0.3 is 5.32 Å². The fourth-order valence-electron chi connectivity index (χ4n) is 0.170. The van der Waals surface area contributed by atoms with E-state index in [0.717, 1.165) is 0 Å². The van der Waals surface area contributed by atoms with Gasteiger partial charge in [-0.05, 0) is 0 Å². The van der Waals surface area contributed by atoms with Gasteiger partial charge in [0.1, 0.15) is 5.37 Å². The number of thiocarbonyl (C=S) groups is 1. The van der Waals surface area contributed by atoms with Gasteiger partial charge in [0, 0.05) is 0 Å². The first kappa shape index (κ1) is 7.23. The van der Waals surface area contributed by atoms with Gasteiger partial charge in [0.05, 0.1) is 6.54 Å². The molecule has 0 atom stereocenters. The number of rotatable bonds is 4. The van der Waals surface area contributed by atoms with E-state index < -0.39 is 0 Å². The molecule has 0 fully saturated rings. The quantitative estimate of drug-likeness (QED) is 0.399. The lowest BCUT2D eigenvalue weighted by Gasteiger charge is -1.86. The summed E-state index contributed by atoms with van der Waals surface area (Å²) in [7, 11) is 0. The molecule has 1 radical (unpaired) electrons. The second kappa shape index (κ2) is 4.39. The predicted molar refractivity (Wildman–Crippen MR) is 31.7 cm³/mol. The second-order valence-electron chi connectivity index (χ2n) is 1.02. The van der Waals surface area contributed by atoms with Gasteiger partial charge in [-0.2, -0.15) is 0 Å². The molecule has 0 aromatic heterocycles. The van der Waals surface area contributed by atoms with Crippen molar-refractivity contribution in [2.45, 2.75) is 0 Å². The lowest BCUT2D eigenvalue weighted by atomic mass is 10.4. The van der Waals surface area contributed by atoms with Crippen LogP contribution in [0.1, 0.15) is 0 Å². The maximum atomic E-state index is 10.1. The summed E-state index contributed by atoms with van der Waals surface area (Å²) in [5.74, 6) is -0.382. The highest BCUT2D eigenvalue weighted by molar-refractivity contribution is 7.80. The zero-order valence-corrected chi connectivity index (χ0v) is 4.83. The van der Waals surface area contributed by atoms with Crippen molar-refractivity contribution in [3.8, 4) is 0 Å². The summed E-state index contributed by atoms with van der Waals surface area (Å²) in [5, 5.41) is 4.06. The van der Waals surface area contributed by atoms with E-state index in [-0.39, 0.29) is 12.3 Å². The van der Waals surface area contributed by atoms with Crippen LogP contribution >= 0.6 is 12.2 Å². The number of carbonyl (C=O) groups excluding carboxylic acids is 2. The van der Waals surface area contributed by atoms with Crippen molar-refractivity contribution in [3.63, 3.8) is 0 Å². The van der Waals surface area contributed by atoms with E-state index in [1.807, 2.05) is 5.37 Å². The Balaban J connectivity index is 3.24. The minimum atomic E-state index is -0.382. The molecule has 0 spiro atoms. The summed E-state index contributed by atoms with van der Waals surface area (Å²) in [5.41, 5.74) is 0. The van der Waals surface area contributed by atoms with Crippen molar-refractivity contribution >= 4 is 29.8 Å². The van der Waals surface area contributed by atoms with E-state index in [0.29, 0.717) is 6.41 Å². The average Bonchev–Trinajstić information content (AvgIpc) is 1.83. The monoisotopic (exact) mass is 130 g/mol. The SMILES string of the molecule is O=CNCC(=O)[C]=S. The minimum Gasteiger partial charge on any atom is -0.351 e. The molecule has 0 saturated heterocycles. The van der Waals surface area contributed by atoms with Crippen LogP contribution in [0.15, 0.2) is 0 Å². The highest BCUT2D eigenvalue weighted by Crippen LogP contribution is 1.59. The van der Waals surface area contributed by atoms with Gasteiger partial charge in [-0.25, -0.2) is 0 Å². The Labute approximate surface area is 52.1 Å². The topological polar surface area (TPSA) is 46.2 Å². The van der Waals surface area contributed by atoms with Gasteiger partial charge in [0.25, 0.3) is 0 Å². The first-order valence-electron chi connectivity index (χ1n) is 1.89. The third-order valence-electron chi connectivity index (χ3n) is 0.460. The van der Waals surface area contributed by atoms with Crippen LogP contribution in [-0.4, -0.2) is 24.1 Å². The van der Waals surface area contributed by atoms with Crippen LogP contribution < -0.4 is 5.32 Å². The van der Waals surface area contributed by atoms with Gasteiger partial charge >= 0.3 is 0 Å². The third-order valence-corrected chi connectivity index (χ3v) is 0.687. The lowest BCUT2D eigenvalue weighted by molar-refractivity contribution is -0.115. The molecule has 1 amide bonds. The highest BCUT2D eigenvalue weighted by Gasteiger charge is 1.91. The zero-order valence-electron chi connectivity index (χ0n) is 4.01. The summed E-state index contributed by atoms with van der Waals surface area (Å²) >= 11 is 4.13. The van der Waals surface area contributed by atoms with Gasteiger partial charge in [-0.1, -0.05) is 12.2 Å². The van der Waals surface area contributed by atoms with Crippen molar-refractivity contribution in [2.75, 3.05) is 6.54 Å².